The molecule has 0 bridgehead atoms. The predicted molar refractivity (Wildman–Crippen MR) is 68.6 cm³/mol. The minimum absolute atomic E-state index is 0.529. The van der Waals surface area contributed by atoms with Gasteiger partial charge in [0.15, 0.2) is 5.82 Å². The van der Waals surface area contributed by atoms with E-state index in [1.54, 1.807) is 19.5 Å². The Hall–Kier alpha value is -2.11. The van der Waals surface area contributed by atoms with Gasteiger partial charge in [-0.1, -0.05) is 0 Å². The van der Waals surface area contributed by atoms with Crippen LogP contribution in [0.25, 0.3) is 0 Å². The van der Waals surface area contributed by atoms with E-state index in [0.717, 1.165) is 17.1 Å². The zero-order valence-electron chi connectivity index (χ0n) is 11.1. The van der Waals surface area contributed by atoms with Crippen LogP contribution in [0.5, 0.6) is 5.88 Å². The molecule has 0 N–H and O–H groups in total. The minimum Gasteiger partial charge on any atom is -0.478 e. The van der Waals surface area contributed by atoms with Crippen molar-refractivity contribution in [3.8, 4) is 5.88 Å². The fraction of sp³-hybridized carbons (Fsp3) is 0.417. The van der Waals surface area contributed by atoms with Crippen molar-refractivity contribution in [1.29, 1.82) is 0 Å². The molecule has 2 rings (SSSR count). The van der Waals surface area contributed by atoms with Gasteiger partial charge in [-0.3, -0.25) is 4.68 Å². The van der Waals surface area contributed by atoms with E-state index in [1.165, 1.54) is 0 Å². The second kappa shape index (κ2) is 5.03. The molecule has 0 atom stereocenters. The van der Waals surface area contributed by atoms with Crippen LogP contribution in [0, 0.1) is 6.92 Å². The van der Waals surface area contributed by atoms with Gasteiger partial charge in [0, 0.05) is 44.3 Å². The lowest BCUT2D eigenvalue weighted by Crippen LogP contribution is -2.19. The number of ether oxygens (including phenoxy) is 1. The van der Waals surface area contributed by atoms with Crippen molar-refractivity contribution in [1.82, 2.24) is 19.7 Å². The predicted octanol–water partition coefficient (Wildman–Crippen LogP) is 1.16. The number of rotatable bonds is 4. The molecule has 6 nitrogen and oxygen atoms in total. The van der Waals surface area contributed by atoms with Crippen molar-refractivity contribution in [2.24, 2.45) is 7.05 Å². The third kappa shape index (κ3) is 2.27. The number of methoxy groups -OCH3 is 1. The molecule has 18 heavy (non-hydrogen) atoms. The number of hydrogen-bond donors (Lipinski definition) is 0. The van der Waals surface area contributed by atoms with Gasteiger partial charge in [0.2, 0.25) is 0 Å². The summed E-state index contributed by atoms with van der Waals surface area (Å²) in [5, 5.41) is 4.23. The first-order chi connectivity index (χ1) is 8.63. The Labute approximate surface area is 106 Å². The first-order valence-electron chi connectivity index (χ1n) is 5.67. The quantitative estimate of drug-likeness (QED) is 0.811. The molecule has 0 aliphatic carbocycles. The number of hydrogen-bond acceptors (Lipinski definition) is 5. The molecule has 0 aromatic carbocycles. The molecule has 96 valence electrons. The third-order valence-electron chi connectivity index (χ3n) is 2.95. The third-order valence-corrected chi connectivity index (χ3v) is 2.95. The van der Waals surface area contributed by atoms with Crippen LogP contribution in [-0.4, -0.2) is 33.9 Å². The van der Waals surface area contributed by atoms with Gasteiger partial charge in [0.1, 0.15) is 0 Å². The average Bonchev–Trinajstić information content (AvgIpc) is 2.70. The normalized spacial score (nSPS) is 10.4. The molecule has 2 aromatic heterocycles. The van der Waals surface area contributed by atoms with E-state index in [0.29, 0.717) is 12.4 Å². The summed E-state index contributed by atoms with van der Waals surface area (Å²) in [4.78, 5) is 10.4. The van der Waals surface area contributed by atoms with Crippen LogP contribution < -0.4 is 9.64 Å². The Morgan fingerprint density at radius 3 is 2.67 bits per heavy atom. The van der Waals surface area contributed by atoms with E-state index < -0.39 is 0 Å². The lowest BCUT2D eigenvalue weighted by Gasteiger charge is -2.19. The van der Waals surface area contributed by atoms with Crippen molar-refractivity contribution in [3.63, 3.8) is 0 Å². The van der Waals surface area contributed by atoms with Gasteiger partial charge in [-0.05, 0) is 6.92 Å². The molecule has 0 saturated carbocycles. The summed E-state index contributed by atoms with van der Waals surface area (Å²) in [6, 6.07) is 0. The van der Waals surface area contributed by atoms with Gasteiger partial charge < -0.3 is 9.64 Å². The fourth-order valence-corrected chi connectivity index (χ4v) is 1.75. The minimum atomic E-state index is 0.529. The van der Waals surface area contributed by atoms with Crippen molar-refractivity contribution < 1.29 is 4.74 Å². The van der Waals surface area contributed by atoms with E-state index in [4.69, 9.17) is 4.74 Å². The van der Waals surface area contributed by atoms with Crippen molar-refractivity contribution >= 4 is 5.82 Å². The fourth-order valence-electron chi connectivity index (χ4n) is 1.75. The maximum absolute atomic E-state index is 5.20. The Morgan fingerprint density at radius 2 is 2.06 bits per heavy atom. The zero-order chi connectivity index (χ0) is 13.1. The van der Waals surface area contributed by atoms with Crippen LogP contribution in [0.2, 0.25) is 0 Å². The molecule has 2 heterocycles. The second-order valence-corrected chi connectivity index (χ2v) is 4.12. The highest BCUT2D eigenvalue weighted by Gasteiger charge is 2.13. The van der Waals surface area contributed by atoms with E-state index in [-0.39, 0.29) is 0 Å². The summed E-state index contributed by atoms with van der Waals surface area (Å²) in [5.74, 6) is 1.25. The maximum atomic E-state index is 5.20. The van der Waals surface area contributed by atoms with Crippen molar-refractivity contribution in [2.45, 2.75) is 13.5 Å². The van der Waals surface area contributed by atoms with E-state index in [1.807, 2.05) is 36.8 Å². The van der Waals surface area contributed by atoms with Crippen LogP contribution in [0.4, 0.5) is 5.82 Å². The average molecular weight is 247 g/mol. The summed E-state index contributed by atoms with van der Waals surface area (Å²) in [6.07, 6.45) is 5.14. The van der Waals surface area contributed by atoms with Gasteiger partial charge in [-0.15, -0.1) is 0 Å². The molecule has 0 saturated heterocycles. The Morgan fingerprint density at radius 1 is 1.33 bits per heavy atom. The van der Waals surface area contributed by atoms with Gasteiger partial charge in [0.05, 0.1) is 13.3 Å². The first kappa shape index (κ1) is 12.3. The van der Waals surface area contributed by atoms with Crippen LogP contribution in [-0.2, 0) is 13.6 Å². The topological polar surface area (TPSA) is 56.1 Å². The zero-order valence-corrected chi connectivity index (χ0v) is 11.1. The number of aryl methyl sites for hydroxylation is 1. The second-order valence-electron chi connectivity index (χ2n) is 4.12. The molecule has 0 spiro atoms. The highest BCUT2D eigenvalue weighted by atomic mass is 16.5. The number of nitrogens with zero attached hydrogens (tertiary/aromatic N) is 5. The standard InChI is InChI=1S/C12H17N5O/c1-9-10(7-15-17(9)3)8-16(2)11-12(18-4)14-6-5-13-11/h5-7H,8H2,1-4H3. The Bertz CT molecular complexity index is 537. The highest BCUT2D eigenvalue weighted by molar-refractivity contribution is 5.47. The number of aromatic nitrogens is 4. The molecule has 0 radical (unpaired) electrons. The van der Waals surface area contributed by atoms with Gasteiger partial charge >= 0.3 is 0 Å². The SMILES string of the molecule is COc1nccnc1N(C)Cc1cnn(C)c1C. The lowest BCUT2D eigenvalue weighted by atomic mass is 10.2. The first-order valence-corrected chi connectivity index (χ1v) is 5.67. The number of anilines is 1. The summed E-state index contributed by atoms with van der Waals surface area (Å²) >= 11 is 0. The van der Waals surface area contributed by atoms with Crippen LogP contribution in [0.15, 0.2) is 18.6 Å². The largest absolute Gasteiger partial charge is 0.478 e. The Balaban J connectivity index is 2.22. The molecule has 0 fully saturated rings. The molecule has 0 unspecified atom stereocenters. The summed E-state index contributed by atoms with van der Waals surface area (Å²) in [6.45, 7) is 2.76. The van der Waals surface area contributed by atoms with Crippen molar-refractivity contribution in [2.75, 3.05) is 19.1 Å². The van der Waals surface area contributed by atoms with Gasteiger partial charge in [-0.25, -0.2) is 9.97 Å². The molecule has 0 amide bonds. The van der Waals surface area contributed by atoms with Crippen LogP contribution in [0.1, 0.15) is 11.3 Å². The molecular weight excluding hydrogens is 230 g/mol. The highest BCUT2D eigenvalue weighted by Crippen LogP contribution is 2.22. The van der Waals surface area contributed by atoms with Gasteiger partial charge in [-0.2, -0.15) is 5.10 Å². The molecule has 2 aromatic rings. The molecule has 6 heteroatoms. The lowest BCUT2D eigenvalue weighted by molar-refractivity contribution is 0.396. The summed E-state index contributed by atoms with van der Waals surface area (Å²) < 4.78 is 7.06. The molecule has 0 aliphatic heterocycles. The smallest absolute Gasteiger partial charge is 0.257 e. The van der Waals surface area contributed by atoms with Crippen molar-refractivity contribution in [3.05, 3.63) is 29.8 Å². The molecular formula is C12H17N5O. The monoisotopic (exact) mass is 247 g/mol. The van der Waals surface area contributed by atoms with E-state index >= 15 is 0 Å². The molecule has 0 aliphatic rings. The Kier molecular flexibility index (Phi) is 3.45. The van der Waals surface area contributed by atoms with Crippen LogP contribution >= 0.6 is 0 Å². The van der Waals surface area contributed by atoms with Crippen LogP contribution in [0.3, 0.4) is 0 Å². The van der Waals surface area contributed by atoms with E-state index in [9.17, 15) is 0 Å². The summed E-state index contributed by atoms with van der Waals surface area (Å²) in [5.41, 5.74) is 2.30. The summed E-state index contributed by atoms with van der Waals surface area (Å²) in [7, 11) is 5.48. The van der Waals surface area contributed by atoms with E-state index in [2.05, 4.69) is 15.1 Å². The maximum Gasteiger partial charge on any atom is 0.257 e. The van der Waals surface area contributed by atoms with Gasteiger partial charge in [0.25, 0.3) is 5.88 Å².